The molecule has 1 aliphatic heterocycles. The second-order valence-corrected chi connectivity index (χ2v) is 7.00. The van der Waals surface area contributed by atoms with Gasteiger partial charge >= 0.3 is 5.97 Å². The van der Waals surface area contributed by atoms with Crippen LogP contribution in [0.4, 0.5) is 11.4 Å². The SMILES string of the molecule is O=CN(CCC1CCCN(c2cccnc2)C1)c1ccc(=O)n(CC(=O)O)c1. The number of piperidine rings is 1. The number of rotatable bonds is 8. The molecule has 2 aromatic heterocycles. The van der Waals surface area contributed by atoms with E-state index in [4.69, 9.17) is 5.11 Å². The molecule has 0 radical (unpaired) electrons. The van der Waals surface area contributed by atoms with Crippen molar-refractivity contribution in [2.75, 3.05) is 29.4 Å². The average Bonchev–Trinajstić information content (AvgIpc) is 2.71. The molecule has 0 aliphatic carbocycles. The van der Waals surface area contributed by atoms with Crippen LogP contribution in [0.15, 0.2) is 47.7 Å². The molecule has 28 heavy (non-hydrogen) atoms. The molecule has 3 rings (SSSR count). The van der Waals surface area contributed by atoms with Crippen molar-refractivity contribution in [1.29, 1.82) is 0 Å². The number of aliphatic carboxylic acids is 1. The van der Waals surface area contributed by atoms with E-state index in [1.807, 2.05) is 12.3 Å². The van der Waals surface area contributed by atoms with E-state index in [0.29, 0.717) is 18.2 Å². The minimum atomic E-state index is -1.10. The molecule has 3 heterocycles. The highest BCUT2D eigenvalue weighted by Gasteiger charge is 2.21. The molecule has 1 amide bonds. The second-order valence-electron chi connectivity index (χ2n) is 7.00. The fourth-order valence-electron chi connectivity index (χ4n) is 3.60. The first kappa shape index (κ1) is 19.6. The Kier molecular flexibility index (Phi) is 6.41. The minimum absolute atomic E-state index is 0.406. The number of nitrogens with zero attached hydrogens (tertiary/aromatic N) is 4. The number of carboxylic acids is 1. The van der Waals surface area contributed by atoms with Gasteiger partial charge in [0.2, 0.25) is 6.41 Å². The lowest BCUT2D eigenvalue weighted by atomic mass is 9.94. The molecule has 1 aliphatic rings. The Bertz CT molecular complexity index is 868. The minimum Gasteiger partial charge on any atom is -0.480 e. The number of carbonyl (C=O) groups is 2. The Morgan fingerprint density at radius 3 is 2.93 bits per heavy atom. The van der Waals surface area contributed by atoms with Gasteiger partial charge in [0.05, 0.1) is 17.6 Å². The Hall–Kier alpha value is -3.16. The Labute approximate surface area is 163 Å². The van der Waals surface area contributed by atoms with Crippen molar-refractivity contribution in [1.82, 2.24) is 9.55 Å². The van der Waals surface area contributed by atoms with E-state index in [1.54, 1.807) is 12.3 Å². The van der Waals surface area contributed by atoms with Gasteiger partial charge < -0.3 is 19.5 Å². The predicted octanol–water partition coefficient (Wildman–Crippen LogP) is 1.60. The van der Waals surface area contributed by atoms with Crippen LogP contribution in [-0.2, 0) is 16.1 Å². The zero-order chi connectivity index (χ0) is 19.9. The molecule has 0 spiro atoms. The first-order chi connectivity index (χ1) is 13.6. The van der Waals surface area contributed by atoms with Crippen LogP contribution in [0.5, 0.6) is 0 Å². The van der Waals surface area contributed by atoms with Crippen molar-refractivity contribution in [2.45, 2.75) is 25.8 Å². The summed E-state index contributed by atoms with van der Waals surface area (Å²) in [6.45, 7) is 2.00. The van der Waals surface area contributed by atoms with E-state index in [-0.39, 0.29) is 0 Å². The molecule has 0 aromatic carbocycles. The van der Waals surface area contributed by atoms with Gasteiger partial charge in [-0.1, -0.05) is 0 Å². The van der Waals surface area contributed by atoms with Crippen LogP contribution >= 0.6 is 0 Å². The van der Waals surface area contributed by atoms with E-state index in [2.05, 4.69) is 16.0 Å². The number of pyridine rings is 2. The highest BCUT2D eigenvalue weighted by molar-refractivity contribution is 5.74. The summed E-state index contributed by atoms with van der Waals surface area (Å²) in [7, 11) is 0. The molecule has 8 heteroatoms. The van der Waals surface area contributed by atoms with Crippen LogP contribution in [-0.4, -0.2) is 46.7 Å². The molecule has 8 nitrogen and oxygen atoms in total. The normalized spacial score (nSPS) is 16.6. The summed E-state index contributed by atoms with van der Waals surface area (Å²) in [4.78, 5) is 42.3. The van der Waals surface area contributed by atoms with Crippen molar-refractivity contribution < 1.29 is 14.7 Å². The highest BCUT2D eigenvalue weighted by Crippen LogP contribution is 2.25. The highest BCUT2D eigenvalue weighted by atomic mass is 16.4. The summed E-state index contributed by atoms with van der Waals surface area (Å²) in [5.41, 5.74) is 1.23. The quantitative estimate of drug-likeness (QED) is 0.695. The van der Waals surface area contributed by atoms with Gasteiger partial charge in [-0.2, -0.15) is 0 Å². The van der Waals surface area contributed by atoms with Gasteiger partial charge in [-0.05, 0) is 43.4 Å². The summed E-state index contributed by atoms with van der Waals surface area (Å²) in [5.74, 6) is -0.657. The number of aromatic nitrogens is 2. The third-order valence-corrected chi connectivity index (χ3v) is 5.04. The second kappa shape index (κ2) is 9.16. The van der Waals surface area contributed by atoms with E-state index in [0.717, 1.165) is 49.0 Å². The number of amides is 1. The van der Waals surface area contributed by atoms with E-state index < -0.39 is 18.1 Å². The topological polar surface area (TPSA) is 95.7 Å². The Morgan fingerprint density at radius 1 is 1.36 bits per heavy atom. The molecule has 0 saturated carbocycles. The van der Waals surface area contributed by atoms with Crippen LogP contribution in [0, 0.1) is 5.92 Å². The fourth-order valence-corrected chi connectivity index (χ4v) is 3.60. The number of anilines is 2. The van der Waals surface area contributed by atoms with Crippen molar-refractivity contribution in [3.63, 3.8) is 0 Å². The fraction of sp³-hybridized carbons (Fsp3) is 0.400. The summed E-state index contributed by atoms with van der Waals surface area (Å²) in [6.07, 6.45) is 8.79. The Balaban J connectivity index is 1.63. The molecule has 1 saturated heterocycles. The van der Waals surface area contributed by atoms with Gasteiger partial charge in [0.15, 0.2) is 0 Å². The molecule has 1 N–H and O–H groups in total. The summed E-state index contributed by atoms with van der Waals surface area (Å²) in [5, 5.41) is 8.92. The molecular formula is C20H24N4O4. The zero-order valence-electron chi connectivity index (χ0n) is 15.6. The molecule has 0 bridgehead atoms. The van der Waals surface area contributed by atoms with Crippen LogP contribution < -0.4 is 15.4 Å². The number of hydrogen-bond acceptors (Lipinski definition) is 5. The lowest BCUT2D eigenvalue weighted by molar-refractivity contribution is -0.137. The largest absolute Gasteiger partial charge is 0.480 e. The van der Waals surface area contributed by atoms with Gasteiger partial charge in [-0.25, -0.2) is 0 Å². The van der Waals surface area contributed by atoms with Crippen LogP contribution in [0.1, 0.15) is 19.3 Å². The van der Waals surface area contributed by atoms with Crippen molar-refractivity contribution in [3.8, 4) is 0 Å². The zero-order valence-corrected chi connectivity index (χ0v) is 15.6. The van der Waals surface area contributed by atoms with Crippen molar-refractivity contribution in [3.05, 3.63) is 53.2 Å². The standard InChI is InChI=1S/C20H24N4O4/c25-15-23(18-5-6-19(26)24(13-18)14-20(27)28)10-7-16-3-2-9-22(12-16)17-4-1-8-21-11-17/h1,4-6,8,11,13,15-16H,2-3,7,9-10,12,14H2,(H,27,28). The number of carboxylic acid groups (broad SMARTS) is 1. The van der Waals surface area contributed by atoms with Crippen LogP contribution in [0.3, 0.4) is 0 Å². The van der Waals surface area contributed by atoms with Gasteiger partial charge in [-0.3, -0.25) is 19.4 Å². The van der Waals surface area contributed by atoms with Gasteiger partial charge in [0.25, 0.3) is 5.56 Å². The molecule has 1 unspecified atom stereocenters. The lowest BCUT2D eigenvalue weighted by Crippen LogP contribution is -2.37. The third kappa shape index (κ3) is 4.97. The molecule has 1 atom stereocenters. The smallest absolute Gasteiger partial charge is 0.323 e. The van der Waals surface area contributed by atoms with Crippen LogP contribution in [0.2, 0.25) is 0 Å². The molecule has 148 valence electrons. The Morgan fingerprint density at radius 2 is 2.21 bits per heavy atom. The molecule has 1 fully saturated rings. The number of carbonyl (C=O) groups excluding carboxylic acids is 1. The van der Waals surface area contributed by atoms with E-state index >= 15 is 0 Å². The third-order valence-electron chi connectivity index (χ3n) is 5.04. The maximum atomic E-state index is 11.8. The summed E-state index contributed by atoms with van der Waals surface area (Å²) in [6, 6.07) is 6.83. The predicted molar refractivity (Wildman–Crippen MR) is 106 cm³/mol. The van der Waals surface area contributed by atoms with Gasteiger partial charge in [0, 0.05) is 38.1 Å². The van der Waals surface area contributed by atoms with E-state index in [1.165, 1.54) is 17.2 Å². The lowest BCUT2D eigenvalue weighted by Gasteiger charge is -2.35. The average molecular weight is 384 g/mol. The number of hydrogen-bond donors (Lipinski definition) is 1. The molecule has 2 aromatic rings. The van der Waals surface area contributed by atoms with Crippen LogP contribution in [0.25, 0.3) is 0 Å². The van der Waals surface area contributed by atoms with Crippen molar-refractivity contribution in [2.24, 2.45) is 5.92 Å². The van der Waals surface area contributed by atoms with Gasteiger partial charge in [0.1, 0.15) is 6.54 Å². The molecular weight excluding hydrogens is 360 g/mol. The van der Waals surface area contributed by atoms with Gasteiger partial charge in [-0.15, -0.1) is 0 Å². The summed E-state index contributed by atoms with van der Waals surface area (Å²) < 4.78 is 1.10. The first-order valence-electron chi connectivity index (χ1n) is 9.36. The maximum absolute atomic E-state index is 11.8. The maximum Gasteiger partial charge on any atom is 0.323 e. The van der Waals surface area contributed by atoms with E-state index in [9.17, 15) is 14.4 Å². The monoisotopic (exact) mass is 384 g/mol. The summed E-state index contributed by atoms with van der Waals surface area (Å²) >= 11 is 0. The van der Waals surface area contributed by atoms with Crippen molar-refractivity contribution >= 4 is 23.8 Å². The first-order valence-corrected chi connectivity index (χ1v) is 9.36.